The van der Waals surface area contributed by atoms with Crippen molar-refractivity contribution >= 4 is 29.7 Å². The second-order valence-corrected chi connectivity index (χ2v) is 4.58. The number of carbonyl (C=O) groups excluding carboxylic acids is 3. The second kappa shape index (κ2) is 7.91. The van der Waals surface area contributed by atoms with E-state index in [0.717, 1.165) is 22.0 Å². The van der Waals surface area contributed by atoms with E-state index in [1.807, 2.05) is 0 Å². The van der Waals surface area contributed by atoms with Crippen LogP contribution in [-0.2, 0) is 24.0 Å². The van der Waals surface area contributed by atoms with Crippen LogP contribution < -0.4 is 0 Å². The van der Waals surface area contributed by atoms with Crippen molar-refractivity contribution in [1.29, 1.82) is 0 Å². The van der Waals surface area contributed by atoms with Crippen molar-refractivity contribution < 1.29 is 34.2 Å². The molecule has 0 bridgehead atoms. The van der Waals surface area contributed by atoms with E-state index in [1.54, 1.807) is 0 Å². The van der Waals surface area contributed by atoms with E-state index in [1.165, 1.54) is 0 Å². The maximum absolute atomic E-state index is 12.0. The monoisotopic (exact) mass is 312 g/mol. The average Bonchev–Trinajstić information content (AvgIpc) is 2.75. The van der Waals surface area contributed by atoms with Crippen LogP contribution in [0.5, 0.6) is 0 Å². The number of nitrogens with zero attached hydrogens (tertiary/aromatic N) is 2. The molecule has 1 rings (SSSR count). The quantitative estimate of drug-likeness (QED) is 0.526. The van der Waals surface area contributed by atoms with Crippen molar-refractivity contribution in [3.05, 3.63) is 12.2 Å². The van der Waals surface area contributed by atoms with Gasteiger partial charge in [-0.3, -0.25) is 28.9 Å². The van der Waals surface area contributed by atoms with Crippen LogP contribution in [0.15, 0.2) is 12.2 Å². The van der Waals surface area contributed by atoms with Crippen LogP contribution in [0.3, 0.4) is 0 Å². The Morgan fingerprint density at radius 1 is 0.909 bits per heavy atom. The molecule has 0 fully saturated rings. The summed E-state index contributed by atoms with van der Waals surface area (Å²) in [6.07, 6.45) is 1.39. The summed E-state index contributed by atoms with van der Waals surface area (Å²) in [5.74, 6) is -3.75. The molecule has 0 aromatic rings. The van der Waals surface area contributed by atoms with Crippen LogP contribution in [0.1, 0.15) is 19.3 Å². The van der Waals surface area contributed by atoms with Crippen LogP contribution >= 0.6 is 0 Å². The molecule has 0 aliphatic carbocycles. The Hall–Kier alpha value is -2.71. The normalized spacial score (nSPS) is 13.5. The van der Waals surface area contributed by atoms with Crippen LogP contribution in [0, 0.1) is 0 Å². The zero-order valence-corrected chi connectivity index (χ0v) is 11.7. The van der Waals surface area contributed by atoms with Gasteiger partial charge in [-0.15, -0.1) is 0 Å². The minimum absolute atomic E-state index is 0.123. The topological polar surface area (TPSA) is 132 Å². The Kier molecular flexibility index (Phi) is 6.24. The molecule has 9 nitrogen and oxygen atoms in total. The van der Waals surface area contributed by atoms with Gasteiger partial charge in [0.1, 0.15) is 0 Å². The molecule has 2 N–H and O–H groups in total. The first-order valence-electron chi connectivity index (χ1n) is 6.56. The lowest BCUT2D eigenvalue weighted by molar-refractivity contribution is -0.139. The molecule has 0 spiro atoms. The smallest absolute Gasteiger partial charge is 0.305 e. The molecule has 22 heavy (non-hydrogen) atoms. The number of carboxylic acid groups (broad SMARTS) is 2. The summed E-state index contributed by atoms with van der Waals surface area (Å²) in [7, 11) is 0. The lowest BCUT2D eigenvalue weighted by Crippen LogP contribution is -2.38. The molecule has 0 saturated carbocycles. The fraction of sp³-hybridized carbons (Fsp3) is 0.462. The molecule has 0 aromatic carbocycles. The lowest BCUT2D eigenvalue weighted by Gasteiger charge is -2.22. The van der Waals surface area contributed by atoms with E-state index < -0.39 is 29.7 Å². The lowest BCUT2D eigenvalue weighted by atomic mass is 10.2. The summed E-state index contributed by atoms with van der Waals surface area (Å²) in [6.45, 7) is -0.372. The first-order chi connectivity index (χ1) is 10.3. The van der Waals surface area contributed by atoms with Crippen LogP contribution in [0.25, 0.3) is 0 Å². The van der Waals surface area contributed by atoms with E-state index in [0.29, 0.717) is 0 Å². The van der Waals surface area contributed by atoms with Gasteiger partial charge in [-0.2, -0.15) is 0 Å². The maximum atomic E-state index is 12.0. The molecule has 0 radical (unpaired) electrons. The zero-order chi connectivity index (χ0) is 16.7. The average molecular weight is 312 g/mol. The third kappa shape index (κ3) is 5.35. The Morgan fingerprint density at radius 2 is 1.36 bits per heavy atom. The third-order valence-corrected chi connectivity index (χ3v) is 2.99. The van der Waals surface area contributed by atoms with Gasteiger partial charge in [0.05, 0.1) is 12.8 Å². The number of carboxylic acids is 2. The molecule has 1 aliphatic heterocycles. The fourth-order valence-electron chi connectivity index (χ4n) is 1.84. The first-order valence-corrected chi connectivity index (χ1v) is 6.56. The Balaban J connectivity index is 2.54. The SMILES string of the molecule is O=C(O)CCN(CCC(=O)O)C(=O)CCN1C(=O)C=CC1=O. The zero-order valence-electron chi connectivity index (χ0n) is 11.7. The fourth-order valence-corrected chi connectivity index (χ4v) is 1.84. The highest BCUT2D eigenvalue weighted by Crippen LogP contribution is 2.06. The summed E-state index contributed by atoms with van der Waals surface area (Å²) in [6, 6.07) is 0. The van der Waals surface area contributed by atoms with Crippen LogP contribution in [0.2, 0.25) is 0 Å². The molecular weight excluding hydrogens is 296 g/mol. The Morgan fingerprint density at radius 3 is 1.77 bits per heavy atom. The molecule has 1 aliphatic rings. The van der Waals surface area contributed by atoms with Gasteiger partial charge in [-0.25, -0.2) is 0 Å². The molecule has 0 aromatic heterocycles. The van der Waals surface area contributed by atoms with Crippen molar-refractivity contribution in [2.45, 2.75) is 19.3 Å². The maximum Gasteiger partial charge on any atom is 0.305 e. The summed E-state index contributed by atoms with van der Waals surface area (Å²) >= 11 is 0. The Labute approximate surface area is 125 Å². The Bertz CT molecular complexity index is 490. The second-order valence-electron chi connectivity index (χ2n) is 4.58. The first kappa shape index (κ1) is 17.3. The highest BCUT2D eigenvalue weighted by molar-refractivity contribution is 6.13. The van der Waals surface area contributed by atoms with Gasteiger partial charge in [0, 0.05) is 38.2 Å². The molecule has 0 atom stereocenters. The summed E-state index contributed by atoms with van der Waals surface area (Å²) in [4.78, 5) is 57.8. The van der Waals surface area contributed by atoms with Gasteiger partial charge < -0.3 is 15.1 Å². The summed E-state index contributed by atoms with van der Waals surface area (Å²) in [5, 5.41) is 17.3. The van der Waals surface area contributed by atoms with E-state index in [4.69, 9.17) is 10.2 Å². The van der Waals surface area contributed by atoms with Gasteiger partial charge in [0.15, 0.2) is 0 Å². The number of imide groups is 1. The van der Waals surface area contributed by atoms with Gasteiger partial charge in [0.25, 0.3) is 11.8 Å². The van der Waals surface area contributed by atoms with Crippen molar-refractivity contribution in [2.75, 3.05) is 19.6 Å². The molecule has 3 amide bonds. The molecule has 0 saturated heterocycles. The third-order valence-electron chi connectivity index (χ3n) is 2.99. The van der Waals surface area contributed by atoms with E-state index in [2.05, 4.69) is 0 Å². The molecular formula is C13H16N2O7. The number of hydrogen-bond acceptors (Lipinski definition) is 5. The summed E-state index contributed by atoms with van der Waals surface area (Å²) < 4.78 is 0. The van der Waals surface area contributed by atoms with E-state index in [-0.39, 0.29) is 38.9 Å². The van der Waals surface area contributed by atoms with Gasteiger partial charge in [-0.1, -0.05) is 0 Å². The number of carbonyl (C=O) groups is 5. The van der Waals surface area contributed by atoms with Gasteiger partial charge >= 0.3 is 11.9 Å². The number of rotatable bonds is 9. The number of amides is 3. The van der Waals surface area contributed by atoms with Crippen molar-refractivity contribution in [2.24, 2.45) is 0 Å². The van der Waals surface area contributed by atoms with E-state index in [9.17, 15) is 24.0 Å². The molecule has 120 valence electrons. The van der Waals surface area contributed by atoms with Crippen molar-refractivity contribution in [3.63, 3.8) is 0 Å². The van der Waals surface area contributed by atoms with E-state index >= 15 is 0 Å². The predicted octanol–water partition coefficient (Wildman–Crippen LogP) is -0.920. The number of aliphatic carboxylic acids is 2. The van der Waals surface area contributed by atoms with Gasteiger partial charge in [0.2, 0.25) is 5.91 Å². The van der Waals surface area contributed by atoms with Crippen LogP contribution in [-0.4, -0.2) is 69.3 Å². The van der Waals surface area contributed by atoms with Gasteiger partial charge in [-0.05, 0) is 0 Å². The summed E-state index contributed by atoms with van der Waals surface area (Å²) in [5.41, 5.74) is 0. The van der Waals surface area contributed by atoms with Crippen molar-refractivity contribution in [3.8, 4) is 0 Å². The molecule has 1 heterocycles. The standard InChI is InChI=1S/C13H16N2O7/c16-9(3-8-15-10(17)1-2-11(15)18)14(6-4-12(19)20)7-5-13(21)22/h1-2H,3-8H2,(H,19,20)(H,21,22). The highest BCUT2D eigenvalue weighted by Gasteiger charge is 2.25. The minimum atomic E-state index is -1.11. The largest absolute Gasteiger partial charge is 0.481 e. The molecule has 0 unspecified atom stereocenters. The minimum Gasteiger partial charge on any atom is -0.481 e. The highest BCUT2D eigenvalue weighted by atomic mass is 16.4. The number of hydrogen-bond donors (Lipinski definition) is 2. The predicted molar refractivity (Wildman–Crippen MR) is 71.6 cm³/mol. The molecule has 9 heteroatoms. The van der Waals surface area contributed by atoms with Crippen molar-refractivity contribution in [1.82, 2.24) is 9.80 Å². The van der Waals surface area contributed by atoms with Crippen LogP contribution in [0.4, 0.5) is 0 Å².